The molecule has 0 atom stereocenters. The lowest BCUT2D eigenvalue weighted by Crippen LogP contribution is -2.43. The highest BCUT2D eigenvalue weighted by Crippen LogP contribution is 2.35. The van der Waals surface area contributed by atoms with E-state index in [0.717, 1.165) is 36.7 Å². The van der Waals surface area contributed by atoms with Crippen LogP contribution in [0, 0.1) is 6.92 Å². The summed E-state index contributed by atoms with van der Waals surface area (Å²) in [6.45, 7) is 10.3. The third-order valence-corrected chi connectivity index (χ3v) is 5.79. The van der Waals surface area contributed by atoms with Gasteiger partial charge in [0, 0.05) is 31.3 Å². The number of aliphatic hydroxyl groups is 1. The molecule has 2 aromatic rings. The smallest absolute Gasteiger partial charge is 0.142 e. The SMILES string of the molecule is C=C(N1CCc2ccccc2C1)N(c1ncnc(N)c1C)C1CCCC1.CCO. The first-order chi connectivity index (χ1) is 14.1. The molecule has 2 aliphatic rings. The molecule has 3 N–H and O–H groups in total. The van der Waals surface area contributed by atoms with Crippen LogP contribution in [0.1, 0.15) is 49.3 Å². The molecule has 4 rings (SSSR count). The molecule has 1 saturated carbocycles. The summed E-state index contributed by atoms with van der Waals surface area (Å²) in [5.74, 6) is 2.50. The Labute approximate surface area is 174 Å². The molecular formula is C23H33N5O. The molecule has 156 valence electrons. The Hall–Kier alpha value is -2.60. The van der Waals surface area contributed by atoms with Gasteiger partial charge in [0.2, 0.25) is 0 Å². The number of rotatable bonds is 4. The van der Waals surface area contributed by atoms with E-state index in [1.807, 2.05) is 6.92 Å². The highest BCUT2D eigenvalue weighted by Gasteiger charge is 2.31. The van der Waals surface area contributed by atoms with Gasteiger partial charge in [0.05, 0.1) is 0 Å². The zero-order valence-electron chi connectivity index (χ0n) is 17.6. The van der Waals surface area contributed by atoms with Crippen LogP contribution in [0.15, 0.2) is 43.0 Å². The molecule has 1 aliphatic heterocycles. The number of nitrogen functional groups attached to an aromatic ring is 1. The molecule has 1 aromatic heterocycles. The quantitative estimate of drug-likeness (QED) is 0.823. The molecule has 6 nitrogen and oxygen atoms in total. The maximum Gasteiger partial charge on any atom is 0.142 e. The van der Waals surface area contributed by atoms with Crippen molar-refractivity contribution in [3.05, 3.63) is 59.7 Å². The van der Waals surface area contributed by atoms with Gasteiger partial charge < -0.3 is 20.6 Å². The Balaban J connectivity index is 0.000000755. The molecule has 0 spiro atoms. The maximum atomic E-state index is 7.57. The van der Waals surface area contributed by atoms with Crippen LogP contribution in [-0.2, 0) is 13.0 Å². The summed E-state index contributed by atoms with van der Waals surface area (Å²) in [4.78, 5) is 13.5. The second-order valence-corrected chi connectivity index (χ2v) is 7.69. The minimum Gasteiger partial charge on any atom is -0.397 e. The van der Waals surface area contributed by atoms with Gasteiger partial charge >= 0.3 is 0 Å². The van der Waals surface area contributed by atoms with E-state index in [4.69, 9.17) is 10.8 Å². The molecule has 1 aliphatic carbocycles. The van der Waals surface area contributed by atoms with Gasteiger partial charge in [-0.2, -0.15) is 0 Å². The predicted octanol–water partition coefficient (Wildman–Crippen LogP) is 3.64. The summed E-state index contributed by atoms with van der Waals surface area (Å²) in [5.41, 5.74) is 9.86. The molecule has 0 unspecified atom stereocenters. The van der Waals surface area contributed by atoms with Crippen LogP contribution in [0.2, 0.25) is 0 Å². The average molecular weight is 396 g/mol. The number of aromatic nitrogens is 2. The fraction of sp³-hybridized carbons (Fsp3) is 0.478. The van der Waals surface area contributed by atoms with Crippen molar-refractivity contribution in [2.24, 2.45) is 0 Å². The van der Waals surface area contributed by atoms with E-state index >= 15 is 0 Å². The summed E-state index contributed by atoms with van der Waals surface area (Å²) in [6.07, 6.45) is 7.49. The van der Waals surface area contributed by atoms with Crippen LogP contribution in [0.25, 0.3) is 0 Å². The number of fused-ring (bicyclic) bond motifs is 1. The predicted molar refractivity (Wildman–Crippen MR) is 118 cm³/mol. The van der Waals surface area contributed by atoms with Gasteiger partial charge in [-0.25, -0.2) is 9.97 Å². The van der Waals surface area contributed by atoms with E-state index in [2.05, 4.69) is 50.6 Å². The number of hydrogen-bond donors (Lipinski definition) is 2. The molecule has 0 bridgehead atoms. The Kier molecular flexibility index (Phi) is 7.09. The minimum absolute atomic E-state index is 0.250. The zero-order chi connectivity index (χ0) is 20.8. The summed E-state index contributed by atoms with van der Waals surface area (Å²) in [7, 11) is 0. The lowest BCUT2D eigenvalue weighted by molar-refractivity contribution is 0.306. The third kappa shape index (κ3) is 4.70. The Morgan fingerprint density at radius 2 is 1.90 bits per heavy atom. The van der Waals surface area contributed by atoms with Gasteiger partial charge in [-0.1, -0.05) is 43.7 Å². The lowest BCUT2D eigenvalue weighted by atomic mass is 10.00. The first kappa shape index (κ1) is 21.1. The van der Waals surface area contributed by atoms with Crippen LogP contribution in [0.5, 0.6) is 0 Å². The standard InChI is InChI=1S/C21H27N5.C2H6O/c1-15-20(22)23-14-24-21(15)26(19-9-5-6-10-19)16(2)25-12-11-17-7-3-4-8-18(17)13-25;1-2-3/h3-4,7-8,14,19H,2,5-6,9-13H2,1H3,(H2,22,23,24);3H,2H2,1H3. The Morgan fingerprint density at radius 3 is 2.59 bits per heavy atom. The highest BCUT2D eigenvalue weighted by molar-refractivity contribution is 5.59. The van der Waals surface area contributed by atoms with Crippen molar-refractivity contribution in [2.45, 2.75) is 58.5 Å². The van der Waals surface area contributed by atoms with Crippen molar-refractivity contribution in [2.75, 3.05) is 23.8 Å². The molecule has 0 saturated heterocycles. The molecule has 0 amide bonds. The Morgan fingerprint density at radius 1 is 1.24 bits per heavy atom. The summed E-state index contributed by atoms with van der Waals surface area (Å²) in [5, 5.41) is 7.57. The van der Waals surface area contributed by atoms with Gasteiger partial charge in [-0.15, -0.1) is 0 Å². The van der Waals surface area contributed by atoms with E-state index in [0.29, 0.717) is 11.9 Å². The van der Waals surface area contributed by atoms with Gasteiger partial charge in [-0.3, -0.25) is 0 Å². The van der Waals surface area contributed by atoms with Gasteiger partial charge in [0.15, 0.2) is 0 Å². The van der Waals surface area contributed by atoms with Crippen LogP contribution in [-0.4, -0.2) is 39.2 Å². The van der Waals surface area contributed by atoms with Crippen molar-refractivity contribution in [3.8, 4) is 0 Å². The number of aliphatic hydroxyl groups excluding tert-OH is 1. The number of benzene rings is 1. The topological polar surface area (TPSA) is 78.5 Å². The van der Waals surface area contributed by atoms with Gasteiger partial charge in [0.1, 0.15) is 23.8 Å². The number of nitrogens with zero attached hydrogens (tertiary/aromatic N) is 4. The summed E-state index contributed by atoms with van der Waals surface area (Å²) < 4.78 is 0. The monoisotopic (exact) mass is 395 g/mol. The largest absolute Gasteiger partial charge is 0.397 e. The summed E-state index contributed by atoms with van der Waals surface area (Å²) in [6, 6.07) is 9.14. The average Bonchev–Trinajstić information content (AvgIpc) is 3.26. The van der Waals surface area contributed by atoms with Crippen molar-refractivity contribution in [3.63, 3.8) is 0 Å². The maximum absolute atomic E-state index is 7.57. The second kappa shape index (κ2) is 9.74. The van der Waals surface area contributed by atoms with Gasteiger partial charge in [-0.05, 0) is 44.2 Å². The first-order valence-corrected chi connectivity index (χ1v) is 10.5. The van der Waals surface area contributed by atoms with Crippen LogP contribution < -0.4 is 10.6 Å². The Bertz CT molecular complexity index is 832. The van der Waals surface area contributed by atoms with Gasteiger partial charge in [0.25, 0.3) is 0 Å². The lowest BCUT2D eigenvalue weighted by Gasteiger charge is -2.40. The van der Waals surface area contributed by atoms with Crippen LogP contribution >= 0.6 is 0 Å². The molecule has 1 fully saturated rings. The number of hydrogen-bond acceptors (Lipinski definition) is 6. The van der Waals surface area contributed by atoms with E-state index in [1.54, 1.807) is 13.3 Å². The first-order valence-electron chi connectivity index (χ1n) is 10.5. The molecule has 2 heterocycles. The minimum atomic E-state index is 0.250. The van der Waals surface area contributed by atoms with Crippen LogP contribution in [0.3, 0.4) is 0 Å². The van der Waals surface area contributed by atoms with Crippen molar-refractivity contribution < 1.29 is 5.11 Å². The van der Waals surface area contributed by atoms with E-state index in [1.165, 1.54) is 36.8 Å². The molecule has 29 heavy (non-hydrogen) atoms. The van der Waals surface area contributed by atoms with E-state index in [-0.39, 0.29) is 6.61 Å². The van der Waals surface area contributed by atoms with E-state index < -0.39 is 0 Å². The molecular weight excluding hydrogens is 362 g/mol. The molecule has 6 heteroatoms. The molecule has 0 radical (unpaired) electrons. The number of nitrogens with two attached hydrogens (primary N) is 1. The highest BCUT2D eigenvalue weighted by atomic mass is 16.2. The van der Waals surface area contributed by atoms with Crippen molar-refractivity contribution in [1.29, 1.82) is 0 Å². The van der Waals surface area contributed by atoms with E-state index in [9.17, 15) is 0 Å². The normalized spacial score (nSPS) is 16.0. The van der Waals surface area contributed by atoms with Crippen LogP contribution in [0.4, 0.5) is 11.6 Å². The van der Waals surface area contributed by atoms with Crippen molar-refractivity contribution >= 4 is 11.6 Å². The third-order valence-electron chi connectivity index (χ3n) is 5.79. The summed E-state index contributed by atoms with van der Waals surface area (Å²) >= 11 is 0. The number of anilines is 2. The fourth-order valence-electron chi connectivity index (χ4n) is 4.23. The zero-order valence-corrected chi connectivity index (χ0v) is 17.6. The molecule has 1 aromatic carbocycles. The second-order valence-electron chi connectivity index (χ2n) is 7.69. The fourth-order valence-corrected chi connectivity index (χ4v) is 4.23. The van der Waals surface area contributed by atoms with Crippen molar-refractivity contribution in [1.82, 2.24) is 14.9 Å².